The predicted molar refractivity (Wildman–Crippen MR) is 155 cm³/mol. The average molecular weight is 550 g/mol. The molecular formula is C30H31NO7S. The second-order valence-corrected chi connectivity index (χ2v) is 8.55. The fourth-order valence-electron chi connectivity index (χ4n) is 3.29. The molecule has 0 saturated heterocycles. The van der Waals surface area contributed by atoms with E-state index in [-0.39, 0.29) is 4.91 Å². The molecule has 0 aliphatic rings. The molecule has 0 aliphatic carbocycles. The fraction of sp³-hybridized carbons (Fsp3) is 0.167. The molecule has 0 fully saturated rings. The highest BCUT2D eigenvalue weighted by Gasteiger charge is 2.14. The molecule has 0 radical (unpaired) electrons. The van der Waals surface area contributed by atoms with Crippen LogP contribution in [0.5, 0.6) is 23.0 Å². The lowest BCUT2D eigenvalue weighted by Crippen LogP contribution is -2.04. The molecule has 0 spiro atoms. The van der Waals surface area contributed by atoms with Crippen molar-refractivity contribution in [3.05, 3.63) is 88.3 Å². The van der Waals surface area contributed by atoms with E-state index in [9.17, 15) is 14.4 Å². The quantitative estimate of drug-likeness (QED) is 0.130. The smallest absolute Gasteiger partial charge is 0.338 e. The van der Waals surface area contributed by atoms with E-state index >= 15 is 0 Å². The molecule has 1 amide bonds. The van der Waals surface area contributed by atoms with E-state index in [1.807, 2.05) is 13.8 Å². The van der Waals surface area contributed by atoms with Crippen LogP contribution in [0.4, 0.5) is 4.79 Å². The van der Waals surface area contributed by atoms with Crippen molar-refractivity contribution in [1.82, 2.24) is 0 Å². The van der Waals surface area contributed by atoms with Gasteiger partial charge in [0.25, 0.3) is 5.24 Å². The van der Waals surface area contributed by atoms with Crippen LogP contribution in [0.25, 0.3) is 17.7 Å². The van der Waals surface area contributed by atoms with Crippen LogP contribution in [-0.2, 0) is 14.3 Å². The van der Waals surface area contributed by atoms with Crippen molar-refractivity contribution in [2.45, 2.75) is 13.8 Å². The summed E-state index contributed by atoms with van der Waals surface area (Å²) in [7, 11) is 4.43. The molecule has 3 aromatic carbocycles. The van der Waals surface area contributed by atoms with Crippen molar-refractivity contribution in [3.63, 3.8) is 0 Å². The van der Waals surface area contributed by atoms with Gasteiger partial charge in [-0.1, -0.05) is 38.1 Å². The van der Waals surface area contributed by atoms with Gasteiger partial charge >= 0.3 is 5.97 Å². The Labute approximate surface area is 232 Å². The third kappa shape index (κ3) is 9.39. The lowest BCUT2D eigenvalue weighted by Gasteiger charge is -2.10. The molecule has 0 unspecified atom stereocenters. The largest absolute Gasteiger partial charge is 0.497 e. The van der Waals surface area contributed by atoms with Gasteiger partial charge in [0.1, 0.15) is 23.0 Å². The Morgan fingerprint density at radius 2 is 1.28 bits per heavy atom. The second kappa shape index (κ2) is 15.7. The lowest BCUT2D eigenvalue weighted by atomic mass is 10.0. The highest BCUT2D eigenvalue weighted by molar-refractivity contribution is 8.17. The molecule has 0 saturated carbocycles. The van der Waals surface area contributed by atoms with Crippen LogP contribution < -0.4 is 19.9 Å². The predicted octanol–water partition coefficient (Wildman–Crippen LogP) is 6.59. The van der Waals surface area contributed by atoms with Crippen molar-refractivity contribution >= 4 is 47.0 Å². The van der Waals surface area contributed by atoms with E-state index in [0.29, 0.717) is 63.3 Å². The number of hydrogen-bond donors (Lipinski definition) is 1. The Morgan fingerprint density at radius 3 is 1.74 bits per heavy atom. The number of amides is 1. The molecule has 39 heavy (non-hydrogen) atoms. The number of methoxy groups -OCH3 is 3. The standard InChI is InChI=1S/C28H25NO7S.C2H6/c1-33-23-12-19(13-24(16-23)34-2)15-26(27(31)35-3)20-6-10-22(11-7-20)36-21-8-4-18(5-9-21)14-25(17-30)37-28(29)32;1-2/h4-17H,1-3H3,(H2,29,32);1-2H3/b25-14-,26-15-;. The summed E-state index contributed by atoms with van der Waals surface area (Å²) in [6, 6.07) is 19.2. The van der Waals surface area contributed by atoms with Gasteiger partial charge in [-0.2, -0.15) is 0 Å². The number of primary amides is 1. The van der Waals surface area contributed by atoms with E-state index < -0.39 is 11.2 Å². The molecule has 0 atom stereocenters. The van der Waals surface area contributed by atoms with Crippen LogP contribution in [0, 0.1) is 0 Å². The number of rotatable bonds is 10. The zero-order chi connectivity index (χ0) is 28.8. The number of allylic oxidation sites excluding steroid dienone is 1. The highest BCUT2D eigenvalue weighted by atomic mass is 32.2. The van der Waals surface area contributed by atoms with Gasteiger partial charge in [-0.15, -0.1) is 0 Å². The average Bonchev–Trinajstić information content (AvgIpc) is 2.97. The number of esters is 1. The van der Waals surface area contributed by atoms with Gasteiger partial charge in [0, 0.05) is 6.07 Å². The Kier molecular flexibility index (Phi) is 12.4. The van der Waals surface area contributed by atoms with Gasteiger partial charge in [0.15, 0.2) is 6.29 Å². The van der Waals surface area contributed by atoms with Crippen molar-refractivity contribution in [1.29, 1.82) is 0 Å². The minimum Gasteiger partial charge on any atom is -0.497 e. The minimum absolute atomic E-state index is 0.207. The van der Waals surface area contributed by atoms with Gasteiger partial charge < -0.3 is 24.7 Å². The highest BCUT2D eigenvalue weighted by Crippen LogP contribution is 2.29. The third-order valence-electron chi connectivity index (χ3n) is 5.01. The van der Waals surface area contributed by atoms with Crippen LogP contribution in [0.3, 0.4) is 0 Å². The number of nitrogens with two attached hydrogens (primary N) is 1. The van der Waals surface area contributed by atoms with Gasteiger partial charge in [0.05, 0.1) is 31.8 Å². The van der Waals surface area contributed by atoms with Crippen LogP contribution >= 0.6 is 11.8 Å². The first-order chi connectivity index (χ1) is 18.8. The van der Waals surface area contributed by atoms with Gasteiger partial charge in [-0.3, -0.25) is 9.59 Å². The number of thioether (sulfide) groups is 1. The van der Waals surface area contributed by atoms with Crippen LogP contribution in [0.2, 0.25) is 0 Å². The van der Waals surface area contributed by atoms with E-state index in [1.165, 1.54) is 7.11 Å². The summed E-state index contributed by atoms with van der Waals surface area (Å²) in [5, 5.41) is -0.657. The molecule has 0 heterocycles. The monoisotopic (exact) mass is 549 g/mol. The van der Waals surface area contributed by atoms with E-state index in [0.717, 1.165) is 0 Å². The SMILES string of the molecule is CC.COC(=O)/C(=C\c1cc(OC)cc(OC)c1)c1ccc(Oc2ccc(/C=C(/C=O)SC(N)=O)cc2)cc1. The molecule has 3 rings (SSSR count). The molecule has 0 aliphatic heterocycles. The van der Waals surface area contributed by atoms with Crippen LogP contribution in [-0.4, -0.2) is 38.8 Å². The normalized spacial score (nSPS) is 11.0. The van der Waals surface area contributed by atoms with Crippen molar-refractivity contribution in [3.8, 4) is 23.0 Å². The maximum absolute atomic E-state index is 12.6. The number of ether oxygens (including phenoxy) is 4. The molecular weight excluding hydrogens is 518 g/mol. The van der Waals surface area contributed by atoms with Gasteiger partial charge in [0.2, 0.25) is 0 Å². The van der Waals surface area contributed by atoms with Crippen LogP contribution in [0.1, 0.15) is 30.5 Å². The first kappa shape index (κ1) is 30.7. The first-order valence-corrected chi connectivity index (χ1v) is 12.7. The number of carbonyl (C=O) groups is 3. The number of carbonyl (C=O) groups excluding carboxylic acids is 3. The Hall–Kier alpha value is -4.50. The summed E-state index contributed by atoms with van der Waals surface area (Å²) >= 11 is 0.663. The summed E-state index contributed by atoms with van der Waals surface area (Å²) in [5.74, 6) is 1.80. The summed E-state index contributed by atoms with van der Waals surface area (Å²) in [5.41, 5.74) is 7.51. The molecule has 0 bridgehead atoms. The Balaban J connectivity index is 0.00000260. The van der Waals surface area contributed by atoms with E-state index in [2.05, 4.69) is 0 Å². The second-order valence-electron chi connectivity index (χ2n) is 7.48. The fourth-order valence-corrected chi connectivity index (χ4v) is 3.76. The minimum atomic E-state index is -0.657. The topological polar surface area (TPSA) is 114 Å². The van der Waals surface area contributed by atoms with E-state index in [1.54, 1.807) is 93.1 Å². The zero-order valence-electron chi connectivity index (χ0n) is 22.4. The molecule has 204 valence electrons. The number of aldehydes is 1. The summed E-state index contributed by atoms with van der Waals surface area (Å²) in [6.45, 7) is 4.00. The van der Waals surface area contributed by atoms with Gasteiger partial charge in [-0.25, -0.2) is 4.79 Å². The zero-order valence-corrected chi connectivity index (χ0v) is 23.2. The summed E-state index contributed by atoms with van der Waals surface area (Å²) < 4.78 is 21.5. The number of benzene rings is 3. The van der Waals surface area contributed by atoms with E-state index in [4.69, 9.17) is 24.7 Å². The number of hydrogen-bond acceptors (Lipinski definition) is 8. The summed E-state index contributed by atoms with van der Waals surface area (Å²) in [6.07, 6.45) is 3.83. The summed E-state index contributed by atoms with van der Waals surface area (Å²) in [4.78, 5) is 34.9. The third-order valence-corrected chi connectivity index (χ3v) is 5.67. The molecule has 8 nitrogen and oxygen atoms in total. The van der Waals surface area contributed by atoms with Crippen LogP contribution in [0.15, 0.2) is 71.6 Å². The molecule has 2 N–H and O–H groups in total. The first-order valence-electron chi connectivity index (χ1n) is 11.9. The Morgan fingerprint density at radius 1 is 0.744 bits per heavy atom. The van der Waals surface area contributed by atoms with Crippen molar-refractivity contribution in [2.24, 2.45) is 5.73 Å². The lowest BCUT2D eigenvalue weighted by molar-refractivity contribution is -0.133. The molecule has 9 heteroatoms. The maximum Gasteiger partial charge on any atom is 0.338 e. The van der Waals surface area contributed by atoms with Crippen molar-refractivity contribution < 1.29 is 33.3 Å². The maximum atomic E-state index is 12.6. The molecule has 0 aromatic heterocycles. The van der Waals surface area contributed by atoms with Gasteiger partial charge in [-0.05, 0) is 77.0 Å². The van der Waals surface area contributed by atoms with Crippen molar-refractivity contribution in [2.75, 3.05) is 21.3 Å². The Bertz CT molecular complexity index is 1310. The molecule has 3 aromatic rings.